The highest BCUT2D eigenvalue weighted by atomic mass is 35.5. The molecule has 1 N–H and O–H groups in total. The number of likely N-dealkylation sites (N-methyl/N-ethyl adjacent to an activating group) is 1. The van der Waals surface area contributed by atoms with Gasteiger partial charge >= 0.3 is 0 Å². The molecule has 1 fully saturated rings. The molecular weight excluding hydrogens is 278 g/mol. The maximum absolute atomic E-state index is 12.3. The van der Waals surface area contributed by atoms with Crippen LogP contribution in [0.3, 0.4) is 0 Å². The van der Waals surface area contributed by atoms with Crippen LogP contribution in [0.15, 0.2) is 0 Å². The normalized spacial score (nSPS) is 15.4. The van der Waals surface area contributed by atoms with Gasteiger partial charge in [0, 0.05) is 32.8 Å². The standard InChI is InChI=1S/C14H29N3O2.ClH/c1-16(2)9-10-17(13-6-4-5-7-13)14(18)12-15-8-11-19-3;/h13,15H,4-12H2,1-3H3;1H. The van der Waals surface area contributed by atoms with Crippen molar-refractivity contribution in [1.29, 1.82) is 0 Å². The zero-order chi connectivity index (χ0) is 14.1. The van der Waals surface area contributed by atoms with E-state index in [9.17, 15) is 4.79 Å². The molecule has 0 radical (unpaired) electrons. The van der Waals surface area contributed by atoms with Gasteiger partial charge in [0.15, 0.2) is 0 Å². The summed E-state index contributed by atoms with van der Waals surface area (Å²) in [6, 6.07) is 0.455. The third-order valence-corrected chi connectivity index (χ3v) is 3.63. The fraction of sp³-hybridized carbons (Fsp3) is 0.929. The molecule has 6 heteroatoms. The zero-order valence-corrected chi connectivity index (χ0v) is 13.9. The minimum absolute atomic E-state index is 0. The first kappa shape index (κ1) is 19.6. The van der Waals surface area contributed by atoms with E-state index in [1.807, 2.05) is 14.1 Å². The number of nitrogens with one attached hydrogen (secondary N) is 1. The number of carbonyl (C=O) groups excluding carboxylic acids is 1. The molecule has 120 valence electrons. The van der Waals surface area contributed by atoms with Crippen LogP contribution in [-0.2, 0) is 9.53 Å². The summed E-state index contributed by atoms with van der Waals surface area (Å²) in [6.07, 6.45) is 4.84. The smallest absolute Gasteiger partial charge is 0.236 e. The van der Waals surface area contributed by atoms with Crippen LogP contribution in [0.1, 0.15) is 25.7 Å². The quantitative estimate of drug-likeness (QED) is 0.645. The Morgan fingerprint density at radius 1 is 1.25 bits per heavy atom. The summed E-state index contributed by atoms with van der Waals surface area (Å²) in [5, 5.41) is 3.15. The van der Waals surface area contributed by atoms with Crippen molar-refractivity contribution >= 4 is 18.3 Å². The Morgan fingerprint density at radius 2 is 1.90 bits per heavy atom. The van der Waals surface area contributed by atoms with Crippen LogP contribution in [-0.4, -0.2) is 75.7 Å². The molecule has 0 heterocycles. The van der Waals surface area contributed by atoms with Gasteiger partial charge in [0.25, 0.3) is 0 Å². The molecule has 0 bridgehead atoms. The molecule has 0 aliphatic heterocycles. The van der Waals surface area contributed by atoms with Gasteiger partial charge in [0.05, 0.1) is 13.2 Å². The molecule has 1 saturated carbocycles. The van der Waals surface area contributed by atoms with E-state index in [2.05, 4.69) is 15.1 Å². The van der Waals surface area contributed by atoms with Gasteiger partial charge in [-0.1, -0.05) is 12.8 Å². The number of amides is 1. The van der Waals surface area contributed by atoms with Crippen LogP contribution in [0.5, 0.6) is 0 Å². The predicted molar refractivity (Wildman–Crippen MR) is 84.5 cm³/mol. The van der Waals surface area contributed by atoms with E-state index in [0.29, 0.717) is 19.2 Å². The van der Waals surface area contributed by atoms with Gasteiger partial charge in [0.2, 0.25) is 5.91 Å². The molecule has 5 nitrogen and oxygen atoms in total. The fourth-order valence-corrected chi connectivity index (χ4v) is 2.51. The Bertz CT molecular complexity index is 259. The van der Waals surface area contributed by atoms with Crippen LogP contribution in [0.25, 0.3) is 0 Å². The number of ether oxygens (including phenoxy) is 1. The van der Waals surface area contributed by atoms with Crippen molar-refractivity contribution in [3.63, 3.8) is 0 Å². The largest absolute Gasteiger partial charge is 0.383 e. The Morgan fingerprint density at radius 3 is 2.45 bits per heavy atom. The van der Waals surface area contributed by atoms with E-state index >= 15 is 0 Å². The van der Waals surface area contributed by atoms with E-state index in [4.69, 9.17) is 4.74 Å². The molecule has 0 aromatic carbocycles. The lowest BCUT2D eigenvalue weighted by Crippen LogP contribution is -2.46. The van der Waals surface area contributed by atoms with Crippen molar-refractivity contribution in [1.82, 2.24) is 15.1 Å². The van der Waals surface area contributed by atoms with Crippen LogP contribution >= 0.6 is 12.4 Å². The van der Waals surface area contributed by atoms with Gasteiger partial charge in [-0.15, -0.1) is 12.4 Å². The summed E-state index contributed by atoms with van der Waals surface area (Å²) in [5.41, 5.74) is 0. The minimum Gasteiger partial charge on any atom is -0.383 e. The monoisotopic (exact) mass is 307 g/mol. The van der Waals surface area contributed by atoms with Crippen molar-refractivity contribution in [3.05, 3.63) is 0 Å². The van der Waals surface area contributed by atoms with Gasteiger partial charge in [-0.2, -0.15) is 0 Å². The molecule has 0 saturated heterocycles. The van der Waals surface area contributed by atoms with E-state index < -0.39 is 0 Å². The van der Waals surface area contributed by atoms with Crippen LogP contribution in [0.4, 0.5) is 0 Å². The van der Waals surface area contributed by atoms with Gasteiger partial charge in [0.1, 0.15) is 0 Å². The molecule has 1 rings (SSSR count). The molecule has 1 aliphatic carbocycles. The second-order valence-electron chi connectivity index (χ2n) is 5.50. The van der Waals surface area contributed by atoms with Crippen LogP contribution in [0.2, 0.25) is 0 Å². The van der Waals surface area contributed by atoms with E-state index in [-0.39, 0.29) is 18.3 Å². The molecule has 20 heavy (non-hydrogen) atoms. The Balaban J connectivity index is 0.00000361. The third kappa shape index (κ3) is 7.43. The van der Waals surface area contributed by atoms with Crippen molar-refractivity contribution in [2.24, 2.45) is 0 Å². The molecule has 1 aliphatic rings. The maximum atomic E-state index is 12.3. The SMILES string of the molecule is COCCNCC(=O)N(CCN(C)C)C1CCCC1.Cl. The second kappa shape index (κ2) is 11.3. The van der Waals surface area contributed by atoms with Gasteiger partial charge < -0.3 is 19.9 Å². The maximum Gasteiger partial charge on any atom is 0.236 e. The molecule has 0 aromatic heterocycles. The highest BCUT2D eigenvalue weighted by Crippen LogP contribution is 2.23. The van der Waals surface area contributed by atoms with Crippen LogP contribution in [0, 0.1) is 0 Å². The topological polar surface area (TPSA) is 44.8 Å². The molecule has 0 spiro atoms. The van der Waals surface area contributed by atoms with Crippen molar-refractivity contribution in [2.45, 2.75) is 31.7 Å². The number of rotatable bonds is 9. The first-order chi connectivity index (χ1) is 9.15. The summed E-state index contributed by atoms with van der Waals surface area (Å²) in [5.74, 6) is 0.227. The van der Waals surface area contributed by atoms with Crippen molar-refractivity contribution < 1.29 is 9.53 Å². The van der Waals surface area contributed by atoms with Crippen molar-refractivity contribution in [2.75, 3.05) is 54.0 Å². The Kier molecular flexibility index (Phi) is 11.1. The summed E-state index contributed by atoms with van der Waals surface area (Å²) in [7, 11) is 5.77. The summed E-state index contributed by atoms with van der Waals surface area (Å²) in [6.45, 7) is 3.57. The zero-order valence-electron chi connectivity index (χ0n) is 13.1. The number of hydrogen-bond donors (Lipinski definition) is 1. The van der Waals surface area contributed by atoms with E-state index in [1.165, 1.54) is 12.8 Å². The van der Waals surface area contributed by atoms with Gasteiger partial charge in [-0.05, 0) is 26.9 Å². The van der Waals surface area contributed by atoms with Gasteiger partial charge in [-0.3, -0.25) is 4.79 Å². The predicted octanol–water partition coefficient (Wildman–Crippen LogP) is 0.977. The number of hydrogen-bond acceptors (Lipinski definition) is 4. The lowest BCUT2D eigenvalue weighted by atomic mass is 10.2. The second-order valence-corrected chi connectivity index (χ2v) is 5.50. The first-order valence-corrected chi connectivity index (χ1v) is 7.29. The summed E-state index contributed by atoms with van der Waals surface area (Å²) < 4.78 is 4.97. The highest BCUT2D eigenvalue weighted by molar-refractivity contribution is 5.85. The molecule has 0 unspecified atom stereocenters. The lowest BCUT2D eigenvalue weighted by molar-refractivity contribution is -0.132. The highest BCUT2D eigenvalue weighted by Gasteiger charge is 2.25. The number of methoxy groups -OCH3 is 1. The van der Waals surface area contributed by atoms with E-state index in [0.717, 1.165) is 32.5 Å². The lowest BCUT2D eigenvalue weighted by Gasteiger charge is -2.30. The first-order valence-electron chi connectivity index (χ1n) is 7.29. The number of halogens is 1. The Hall–Kier alpha value is -0.360. The summed E-state index contributed by atoms with van der Waals surface area (Å²) in [4.78, 5) is 16.5. The van der Waals surface area contributed by atoms with Gasteiger partial charge in [-0.25, -0.2) is 0 Å². The van der Waals surface area contributed by atoms with Crippen LogP contribution < -0.4 is 5.32 Å². The third-order valence-electron chi connectivity index (χ3n) is 3.63. The molecule has 0 aromatic rings. The van der Waals surface area contributed by atoms with E-state index in [1.54, 1.807) is 7.11 Å². The number of carbonyl (C=O) groups is 1. The Labute approximate surface area is 129 Å². The average molecular weight is 308 g/mol. The molecule has 1 amide bonds. The minimum atomic E-state index is 0. The number of nitrogens with zero attached hydrogens (tertiary/aromatic N) is 2. The van der Waals surface area contributed by atoms with Crippen molar-refractivity contribution in [3.8, 4) is 0 Å². The molecule has 0 atom stereocenters. The average Bonchev–Trinajstić information content (AvgIpc) is 2.88. The summed E-state index contributed by atoms with van der Waals surface area (Å²) >= 11 is 0. The molecular formula is C14H30ClN3O2. The fourth-order valence-electron chi connectivity index (χ4n) is 2.51.